The van der Waals surface area contributed by atoms with E-state index in [4.69, 9.17) is 4.74 Å². The molecule has 0 radical (unpaired) electrons. The molecule has 1 aromatic carbocycles. The first-order valence-corrected chi connectivity index (χ1v) is 7.13. The van der Waals surface area contributed by atoms with Crippen LogP contribution in [0.3, 0.4) is 0 Å². The molecule has 0 saturated heterocycles. The van der Waals surface area contributed by atoms with Gasteiger partial charge in [-0.3, -0.25) is 4.98 Å². The summed E-state index contributed by atoms with van der Waals surface area (Å²) >= 11 is 1.66. The lowest BCUT2D eigenvalue weighted by atomic mass is 9.96. The maximum Gasteiger partial charge on any atom is 0.136 e. The number of thiazole rings is 1. The van der Waals surface area contributed by atoms with E-state index in [-0.39, 0.29) is 6.10 Å². The highest BCUT2D eigenvalue weighted by Crippen LogP contribution is 2.41. The first-order chi connectivity index (χ1) is 8.88. The number of fused-ring (bicyclic) bond motifs is 1. The number of rotatable bonds is 3. The monoisotopic (exact) mass is 260 g/mol. The van der Waals surface area contributed by atoms with Gasteiger partial charge in [0, 0.05) is 24.2 Å². The van der Waals surface area contributed by atoms with Crippen LogP contribution in [-0.2, 0) is 0 Å². The third kappa shape index (κ3) is 2.13. The maximum atomic E-state index is 6.08. The molecule has 1 aliphatic rings. The Bertz CT molecular complexity index is 512. The zero-order chi connectivity index (χ0) is 12.4. The molecule has 1 aromatic heterocycles. The lowest BCUT2D eigenvalue weighted by Crippen LogP contribution is -2.28. The highest BCUT2D eigenvalue weighted by atomic mass is 32.1. The zero-order valence-corrected chi connectivity index (χ0v) is 11.1. The number of nitrogens with one attached hydrogen (secondary N) is 1. The summed E-state index contributed by atoms with van der Waals surface area (Å²) in [5.74, 6) is 0.994. The summed E-state index contributed by atoms with van der Waals surface area (Å²) in [4.78, 5) is 5.34. The van der Waals surface area contributed by atoms with Crippen LogP contribution in [0.1, 0.15) is 35.9 Å². The van der Waals surface area contributed by atoms with Crippen LogP contribution in [0.5, 0.6) is 5.75 Å². The predicted octanol–water partition coefficient (Wildman–Crippen LogP) is 3.32. The van der Waals surface area contributed by atoms with Gasteiger partial charge in [0.1, 0.15) is 11.9 Å². The third-order valence-corrected chi connectivity index (χ3v) is 4.10. The van der Waals surface area contributed by atoms with Gasteiger partial charge in [0.05, 0.1) is 10.4 Å². The minimum atomic E-state index is 0.122. The van der Waals surface area contributed by atoms with Crippen LogP contribution in [0.25, 0.3) is 0 Å². The molecule has 18 heavy (non-hydrogen) atoms. The van der Waals surface area contributed by atoms with Crippen molar-refractivity contribution in [3.05, 3.63) is 46.4 Å². The van der Waals surface area contributed by atoms with Crippen molar-refractivity contribution in [2.45, 2.75) is 25.5 Å². The van der Waals surface area contributed by atoms with E-state index in [0.717, 1.165) is 18.7 Å². The van der Waals surface area contributed by atoms with Gasteiger partial charge >= 0.3 is 0 Å². The summed E-state index contributed by atoms with van der Waals surface area (Å²) in [6.45, 7) is 3.11. The minimum Gasteiger partial charge on any atom is -0.484 e. The second-order valence-electron chi connectivity index (χ2n) is 4.39. The molecular formula is C14H16N2OS. The molecule has 0 amide bonds. The smallest absolute Gasteiger partial charge is 0.136 e. The second kappa shape index (κ2) is 5.08. The predicted molar refractivity (Wildman–Crippen MR) is 73.0 cm³/mol. The number of hydrogen-bond donors (Lipinski definition) is 1. The van der Waals surface area contributed by atoms with Crippen molar-refractivity contribution in [3.8, 4) is 5.75 Å². The molecule has 0 saturated carbocycles. The molecule has 0 spiro atoms. The van der Waals surface area contributed by atoms with Crippen molar-refractivity contribution in [1.82, 2.24) is 10.3 Å². The van der Waals surface area contributed by atoms with Crippen LogP contribution in [-0.4, -0.2) is 11.5 Å². The molecule has 0 aliphatic carbocycles. The number of hydrogen-bond acceptors (Lipinski definition) is 4. The van der Waals surface area contributed by atoms with E-state index in [9.17, 15) is 0 Å². The van der Waals surface area contributed by atoms with Crippen molar-refractivity contribution in [2.75, 3.05) is 6.54 Å². The fraction of sp³-hybridized carbons (Fsp3) is 0.357. The normalized spacial score (nSPS) is 22.3. The Morgan fingerprint density at radius 2 is 2.33 bits per heavy atom. The lowest BCUT2D eigenvalue weighted by molar-refractivity contribution is 0.155. The van der Waals surface area contributed by atoms with Crippen LogP contribution in [0.2, 0.25) is 0 Å². The van der Waals surface area contributed by atoms with Crippen molar-refractivity contribution in [3.63, 3.8) is 0 Å². The van der Waals surface area contributed by atoms with Gasteiger partial charge in [0.2, 0.25) is 0 Å². The van der Waals surface area contributed by atoms with Crippen LogP contribution in [0, 0.1) is 0 Å². The first-order valence-electron chi connectivity index (χ1n) is 6.26. The summed E-state index contributed by atoms with van der Waals surface area (Å²) in [5.41, 5.74) is 3.13. The van der Waals surface area contributed by atoms with E-state index in [2.05, 4.69) is 29.4 Å². The highest BCUT2D eigenvalue weighted by molar-refractivity contribution is 7.09. The van der Waals surface area contributed by atoms with E-state index in [1.807, 2.05) is 23.8 Å². The summed E-state index contributed by atoms with van der Waals surface area (Å²) in [6.07, 6.45) is 3.00. The SMILES string of the molecule is CCNC1CC(c2cncs2)Oc2ccccc21. The summed E-state index contributed by atoms with van der Waals surface area (Å²) in [7, 11) is 0. The molecule has 2 aromatic rings. The quantitative estimate of drug-likeness (QED) is 0.919. The largest absolute Gasteiger partial charge is 0.484 e. The number of aromatic nitrogens is 1. The van der Waals surface area contributed by atoms with Crippen molar-refractivity contribution in [1.29, 1.82) is 0 Å². The third-order valence-electron chi connectivity index (χ3n) is 3.23. The molecule has 0 bridgehead atoms. The molecule has 4 heteroatoms. The van der Waals surface area contributed by atoms with Crippen LogP contribution in [0.4, 0.5) is 0 Å². The van der Waals surface area contributed by atoms with E-state index in [0.29, 0.717) is 6.04 Å². The standard InChI is InChI=1S/C14H16N2OS/c1-2-16-11-7-13(14-8-15-9-18-14)17-12-6-4-3-5-10(11)12/h3-6,8-9,11,13,16H,2,7H2,1H3. The topological polar surface area (TPSA) is 34.2 Å². The van der Waals surface area contributed by atoms with Crippen molar-refractivity contribution < 1.29 is 4.74 Å². The molecular weight excluding hydrogens is 244 g/mol. The van der Waals surface area contributed by atoms with Gasteiger partial charge in [0.25, 0.3) is 0 Å². The van der Waals surface area contributed by atoms with Crippen LogP contribution in [0.15, 0.2) is 36.0 Å². The Labute approximate surface area is 111 Å². The second-order valence-corrected chi connectivity index (χ2v) is 5.31. The zero-order valence-electron chi connectivity index (χ0n) is 10.3. The van der Waals surface area contributed by atoms with Gasteiger partial charge in [-0.2, -0.15) is 0 Å². The highest BCUT2D eigenvalue weighted by Gasteiger charge is 2.29. The molecule has 3 rings (SSSR count). The van der Waals surface area contributed by atoms with Gasteiger partial charge in [-0.25, -0.2) is 0 Å². The molecule has 2 heterocycles. The Balaban J connectivity index is 1.92. The molecule has 94 valence electrons. The summed E-state index contributed by atoms with van der Waals surface area (Å²) in [6, 6.07) is 8.65. The molecule has 3 nitrogen and oxygen atoms in total. The van der Waals surface area contributed by atoms with Gasteiger partial charge in [-0.05, 0) is 12.6 Å². The Morgan fingerprint density at radius 1 is 1.44 bits per heavy atom. The van der Waals surface area contributed by atoms with Crippen LogP contribution < -0.4 is 10.1 Å². The van der Waals surface area contributed by atoms with Gasteiger partial charge in [0.15, 0.2) is 0 Å². The molecule has 0 fully saturated rings. The Morgan fingerprint density at radius 3 is 3.11 bits per heavy atom. The van der Waals surface area contributed by atoms with Gasteiger partial charge in [-0.1, -0.05) is 25.1 Å². The lowest BCUT2D eigenvalue weighted by Gasteiger charge is -2.32. The molecule has 1 aliphatic heterocycles. The fourth-order valence-corrected chi connectivity index (χ4v) is 3.08. The minimum absolute atomic E-state index is 0.122. The number of ether oxygens (including phenoxy) is 1. The fourth-order valence-electron chi connectivity index (χ4n) is 2.42. The molecule has 2 atom stereocenters. The number of benzene rings is 1. The summed E-state index contributed by atoms with van der Waals surface area (Å²) < 4.78 is 6.08. The Hall–Kier alpha value is -1.39. The van der Waals surface area contributed by atoms with Crippen molar-refractivity contribution in [2.24, 2.45) is 0 Å². The average Bonchev–Trinajstić information content (AvgIpc) is 2.93. The first kappa shape index (κ1) is 11.7. The molecule has 2 unspecified atom stereocenters. The van der Waals surface area contributed by atoms with Gasteiger partial charge in [-0.15, -0.1) is 11.3 Å². The van der Waals surface area contributed by atoms with Gasteiger partial charge < -0.3 is 10.1 Å². The Kier molecular flexibility index (Phi) is 3.30. The molecule has 1 N–H and O–H groups in total. The van der Waals surface area contributed by atoms with E-state index >= 15 is 0 Å². The van der Waals surface area contributed by atoms with Crippen molar-refractivity contribution >= 4 is 11.3 Å². The number of nitrogens with zero attached hydrogens (tertiary/aromatic N) is 1. The summed E-state index contributed by atoms with van der Waals surface area (Å²) in [5, 5.41) is 3.54. The van der Waals surface area contributed by atoms with E-state index in [1.54, 1.807) is 11.3 Å². The average molecular weight is 260 g/mol. The van der Waals surface area contributed by atoms with Crippen LogP contribution >= 0.6 is 11.3 Å². The maximum absolute atomic E-state index is 6.08. The number of para-hydroxylation sites is 1. The van der Waals surface area contributed by atoms with E-state index in [1.165, 1.54) is 10.4 Å². The van der Waals surface area contributed by atoms with E-state index < -0.39 is 0 Å².